The molecule has 0 radical (unpaired) electrons. The number of halogens is 1. The highest BCUT2D eigenvalue weighted by molar-refractivity contribution is 8.13. The number of benzene rings is 2. The van der Waals surface area contributed by atoms with Crippen LogP contribution in [-0.4, -0.2) is 8.42 Å². The van der Waals surface area contributed by atoms with Crippen LogP contribution in [-0.2, 0) is 9.05 Å². The van der Waals surface area contributed by atoms with Crippen LogP contribution in [0, 0.1) is 0 Å². The summed E-state index contributed by atoms with van der Waals surface area (Å²) in [5, 5.41) is 0. The molecule has 0 amide bonds. The van der Waals surface area contributed by atoms with Crippen LogP contribution in [0.2, 0.25) is 0 Å². The normalized spacial score (nSPS) is 11.3. The predicted molar refractivity (Wildman–Crippen MR) is 64.9 cm³/mol. The Hall–Kier alpha value is -1.32. The second-order valence-electron chi connectivity index (χ2n) is 3.33. The molecule has 0 aromatic heterocycles. The summed E-state index contributed by atoms with van der Waals surface area (Å²) in [7, 11) is 1.63. The van der Waals surface area contributed by atoms with E-state index in [1.54, 1.807) is 12.1 Å². The van der Waals surface area contributed by atoms with Gasteiger partial charge in [-0.15, -0.1) is 0 Å². The second-order valence-corrected chi connectivity index (χ2v) is 5.90. The van der Waals surface area contributed by atoms with Crippen molar-refractivity contribution in [3.8, 4) is 11.1 Å². The third-order valence-electron chi connectivity index (χ3n) is 2.22. The molecule has 0 heterocycles. The monoisotopic (exact) mass is 252 g/mol. The lowest BCUT2D eigenvalue weighted by molar-refractivity contribution is 0.609. The van der Waals surface area contributed by atoms with Gasteiger partial charge in [-0.1, -0.05) is 42.5 Å². The van der Waals surface area contributed by atoms with Gasteiger partial charge in [0.1, 0.15) is 0 Å². The molecule has 0 spiro atoms. The Kier molecular flexibility index (Phi) is 2.99. The highest BCUT2D eigenvalue weighted by atomic mass is 35.7. The Morgan fingerprint density at radius 3 is 2.06 bits per heavy atom. The molecule has 0 aliphatic rings. The fourth-order valence-electron chi connectivity index (χ4n) is 1.46. The zero-order valence-corrected chi connectivity index (χ0v) is 9.87. The molecule has 2 aromatic carbocycles. The first-order valence-electron chi connectivity index (χ1n) is 4.67. The molecular formula is C12H9ClO2S. The fraction of sp³-hybridized carbons (Fsp3) is 0. The molecule has 0 bridgehead atoms. The second kappa shape index (κ2) is 4.28. The van der Waals surface area contributed by atoms with Crippen molar-refractivity contribution < 1.29 is 8.42 Å². The predicted octanol–water partition coefficient (Wildman–Crippen LogP) is 3.28. The largest absolute Gasteiger partial charge is 0.261 e. The lowest BCUT2D eigenvalue weighted by Crippen LogP contribution is -1.90. The molecule has 0 saturated heterocycles. The third-order valence-corrected chi connectivity index (χ3v) is 3.57. The van der Waals surface area contributed by atoms with Gasteiger partial charge in [0.15, 0.2) is 0 Å². The summed E-state index contributed by atoms with van der Waals surface area (Å²) in [6, 6.07) is 16.1. The first-order valence-corrected chi connectivity index (χ1v) is 6.98. The van der Waals surface area contributed by atoms with E-state index in [2.05, 4.69) is 0 Å². The van der Waals surface area contributed by atoms with Crippen molar-refractivity contribution >= 4 is 19.7 Å². The minimum atomic E-state index is -3.66. The molecule has 2 aromatic rings. The summed E-state index contributed by atoms with van der Waals surface area (Å²) in [4.78, 5) is 0.121. The molecule has 0 atom stereocenters. The molecular weight excluding hydrogens is 244 g/mol. The van der Waals surface area contributed by atoms with E-state index in [1.165, 1.54) is 6.07 Å². The average molecular weight is 253 g/mol. The summed E-state index contributed by atoms with van der Waals surface area (Å²) in [6.07, 6.45) is 0. The van der Waals surface area contributed by atoms with E-state index in [4.69, 9.17) is 10.7 Å². The Morgan fingerprint density at radius 2 is 1.44 bits per heavy atom. The standard InChI is InChI=1S/C12H9ClO2S/c13-16(14,15)12-8-4-7-11(9-12)10-5-2-1-3-6-10/h1-9H. The summed E-state index contributed by atoms with van der Waals surface area (Å²) in [5.74, 6) is 0. The van der Waals surface area contributed by atoms with Crippen LogP contribution in [0.25, 0.3) is 11.1 Å². The average Bonchev–Trinajstić information content (AvgIpc) is 2.29. The van der Waals surface area contributed by atoms with E-state index in [1.807, 2.05) is 36.4 Å². The van der Waals surface area contributed by atoms with Gasteiger partial charge in [0, 0.05) is 10.7 Å². The number of hydrogen-bond donors (Lipinski definition) is 0. The van der Waals surface area contributed by atoms with E-state index in [9.17, 15) is 8.42 Å². The van der Waals surface area contributed by atoms with E-state index in [0.717, 1.165) is 11.1 Å². The van der Waals surface area contributed by atoms with Gasteiger partial charge in [-0.3, -0.25) is 0 Å². The van der Waals surface area contributed by atoms with Crippen LogP contribution in [0.4, 0.5) is 0 Å². The van der Waals surface area contributed by atoms with Gasteiger partial charge in [-0.25, -0.2) is 8.42 Å². The first kappa shape index (κ1) is 11.2. The zero-order chi connectivity index (χ0) is 11.6. The quantitative estimate of drug-likeness (QED) is 0.769. The smallest absolute Gasteiger partial charge is 0.207 e. The van der Waals surface area contributed by atoms with Crippen molar-refractivity contribution in [3.05, 3.63) is 54.6 Å². The van der Waals surface area contributed by atoms with Gasteiger partial charge in [-0.05, 0) is 23.3 Å². The molecule has 2 rings (SSSR count). The zero-order valence-electron chi connectivity index (χ0n) is 8.30. The van der Waals surface area contributed by atoms with Gasteiger partial charge in [-0.2, -0.15) is 0 Å². The Morgan fingerprint density at radius 1 is 0.812 bits per heavy atom. The van der Waals surface area contributed by atoms with Crippen LogP contribution in [0.3, 0.4) is 0 Å². The van der Waals surface area contributed by atoms with Crippen molar-refractivity contribution in [2.24, 2.45) is 0 Å². The Bertz CT molecular complexity index is 591. The highest BCUT2D eigenvalue weighted by Gasteiger charge is 2.10. The Labute approximate surface area is 98.9 Å². The molecule has 0 fully saturated rings. The number of hydrogen-bond acceptors (Lipinski definition) is 2. The molecule has 0 unspecified atom stereocenters. The lowest BCUT2D eigenvalue weighted by atomic mass is 10.1. The molecule has 2 nitrogen and oxygen atoms in total. The van der Waals surface area contributed by atoms with Crippen LogP contribution < -0.4 is 0 Å². The SMILES string of the molecule is O=S(=O)(Cl)c1cccc(-c2ccccc2)c1. The minimum absolute atomic E-state index is 0.121. The van der Waals surface area contributed by atoms with Crippen molar-refractivity contribution in [3.63, 3.8) is 0 Å². The molecule has 82 valence electrons. The molecule has 0 aliphatic carbocycles. The molecule has 0 saturated carbocycles. The van der Waals surface area contributed by atoms with Crippen molar-refractivity contribution in [1.29, 1.82) is 0 Å². The van der Waals surface area contributed by atoms with Gasteiger partial charge < -0.3 is 0 Å². The Balaban J connectivity index is 2.53. The van der Waals surface area contributed by atoms with E-state index in [0.29, 0.717) is 0 Å². The van der Waals surface area contributed by atoms with Gasteiger partial charge in [0.05, 0.1) is 4.90 Å². The maximum atomic E-state index is 11.2. The van der Waals surface area contributed by atoms with Gasteiger partial charge in [0.2, 0.25) is 0 Å². The van der Waals surface area contributed by atoms with E-state index < -0.39 is 9.05 Å². The van der Waals surface area contributed by atoms with E-state index in [-0.39, 0.29) is 4.90 Å². The topological polar surface area (TPSA) is 34.1 Å². The molecule has 16 heavy (non-hydrogen) atoms. The maximum Gasteiger partial charge on any atom is 0.261 e. The third kappa shape index (κ3) is 2.43. The summed E-state index contributed by atoms with van der Waals surface area (Å²) in [5.41, 5.74) is 1.80. The minimum Gasteiger partial charge on any atom is -0.207 e. The van der Waals surface area contributed by atoms with Gasteiger partial charge >= 0.3 is 0 Å². The maximum absolute atomic E-state index is 11.2. The van der Waals surface area contributed by atoms with Crippen molar-refractivity contribution in [1.82, 2.24) is 0 Å². The van der Waals surface area contributed by atoms with Crippen molar-refractivity contribution in [2.45, 2.75) is 4.90 Å². The molecule has 0 aliphatic heterocycles. The first-order chi connectivity index (χ1) is 7.57. The fourth-order valence-corrected chi connectivity index (χ4v) is 2.25. The highest BCUT2D eigenvalue weighted by Crippen LogP contribution is 2.23. The number of rotatable bonds is 2. The van der Waals surface area contributed by atoms with Gasteiger partial charge in [0.25, 0.3) is 9.05 Å². The lowest BCUT2D eigenvalue weighted by Gasteiger charge is -2.02. The molecule has 4 heteroatoms. The van der Waals surface area contributed by atoms with Crippen molar-refractivity contribution in [2.75, 3.05) is 0 Å². The van der Waals surface area contributed by atoms with E-state index >= 15 is 0 Å². The van der Waals surface area contributed by atoms with Crippen LogP contribution >= 0.6 is 10.7 Å². The van der Waals surface area contributed by atoms with Crippen LogP contribution in [0.15, 0.2) is 59.5 Å². The van der Waals surface area contributed by atoms with Crippen LogP contribution in [0.5, 0.6) is 0 Å². The summed E-state index contributed by atoms with van der Waals surface area (Å²) in [6.45, 7) is 0. The summed E-state index contributed by atoms with van der Waals surface area (Å²) < 4.78 is 22.4. The van der Waals surface area contributed by atoms with Crippen LogP contribution in [0.1, 0.15) is 0 Å². The molecule has 0 N–H and O–H groups in total. The summed E-state index contributed by atoms with van der Waals surface area (Å²) >= 11 is 0.